The number of hydrogen-bond donors (Lipinski definition) is 1. The number of imidazole rings is 1. The standard InChI is InChI=1S/C12H17N3O3/c1-8(9(2)12(17)18)11(16)15-6-5-14-4-3-13-10(14)7-15/h3-4,8-9H,5-7H2,1-2H3,(H,17,18). The lowest BCUT2D eigenvalue weighted by atomic mass is 9.94. The fraction of sp³-hybridized carbons (Fsp3) is 0.583. The number of aliphatic carboxylic acids is 1. The summed E-state index contributed by atoms with van der Waals surface area (Å²) in [5.41, 5.74) is 0. The highest BCUT2D eigenvalue weighted by atomic mass is 16.4. The smallest absolute Gasteiger partial charge is 0.307 e. The zero-order chi connectivity index (χ0) is 13.3. The number of carbonyl (C=O) groups excluding carboxylic acids is 1. The minimum Gasteiger partial charge on any atom is -0.481 e. The number of fused-ring (bicyclic) bond motifs is 1. The number of amides is 1. The molecule has 0 saturated carbocycles. The number of hydrogen-bond acceptors (Lipinski definition) is 3. The molecule has 6 heteroatoms. The molecule has 2 rings (SSSR count). The fourth-order valence-electron chi connectivity index (χ4n) is 2.08. The van der Waals surface area contributed by atoms with Crippen LogP contribution >= 0.6 is 0 Å². The Morgan fingerprint density at radius 1 is 1.33 bits per heavy atom. The molecule has 0 aliphatic carbocycles. The van der Waals surface area contributed by atoms with Gasteiger partial charge in [-0.2, -0.15) is 0 Å². The second kappa shape index (κ2) is 4.80. The van der Waals surface area contributed by atoms with Crippen molar-refractivity contribution >= 4 is 11.9 Å². The molecule has 0 aromatic carbocycles. The Morgan fingerprint density at radius 3 is 2.72 bits per heavy atom. The van der Waals surface area contributed by atoms with E-state index in [0.717, 1.165) is 12.4 Å². The van der Waals surface area contributed by atoms with Gasteiger partial charge in [0, 0.05) is 31.4 Å². The van der Waals surface area contributed by atoms with Crippen molar-refractivity contribution in [1.82, 2.24) is 14.5 Å². The first kappa shape index (κ1) is 12.6. The number of rotatable bonds is 3. The van der Waals surface area contributed by atoms with Crippen LogP contribution in [0.1, 0.15) is 19.7 Å². The maximum Gasteiger partial charge on any atom is 0.307 e. The van der Waals surface area contributed by atoms with Crippen molar-refractivity contribution in [1.29, 1.82) is 0 Å². The number of carbonyl (C=O) groups is 2. The lowest BCUT2D eigenvalue weighted by molar-refractivity contribution is -0.149. The second-order valence-electron chi connectivity index (χ2n) is 4.71. The van der Waals surface area contributed by atoms with Gasteiger partial charge in [0.25, 0.3) is 0 Å². The molecular weight excluding hydrogens is 234 g/mol. The van der Waals surface area contributed by atoms with Crippen molar-refractivity contribution in [2.75, 3.05) is 6.54 Å². The van der Waals surface area contributed by atoms with E-state index in [2.05, 4.69) is 4.98 Å². The van der Waals surface area contributed by atoms with Gasteiger partial charge in [0.15, 0.2) is 0 Å². The summed E-state index contributed by atoms with van der Waals surface area (Å²) >= 11 is 0. The first-order chi connectivity index (χ1) is 8.50. The predicted molar refractivity (Wildman–Crippen MR) is 63.6 cm³/mol. The van der Waals surface area contributed by atoms with Gasteiger partial charge in [0.1, 0.15) is 5.82 Å². The highest BCUT2D eigenvalue weighted by Gasteiger charge is 2.31. The summed E-state index contributed by atoms with van der Waals surface area (Å²) in [4.78, 5) is 29.0. The van der Waals surface area contributed by atoms with Crippen LogP contribution in [0.3, 0.4) is 0 Å². The van der Waals surface area contributed by atoms with Gasteiger partial charge in [-0.3, -0.25) is 9.59 Å². The maximum atomic E-state index is 12.2. The van der Waals surface area contributed by atoms with Crippen molar-refractivity contribution < 1.29 is 14.7 Å². The Kier molecular flexibility index (Phi) is 3.36. The van der Waals surface area contributed by atoms with Gasteiger partial charge in [0.05, 0.1) is 12.5 Å². The predicted octanol–water partition coefficient (Wildman–Crippen LogP) is 0.582. The Balaban J connectivity index is 2.05. The zero-order valence-electron chi connectivity index (χ0n) is 10.5. The molecule has 18 heavy (non-hydrogen) atoms. The molecule has 0 saturated heterocycles. The summed E-state index contributed by atoms with van der Waals surface area (Å²) in [5, 5.41) is 8.94. The monoisotopic (exact) mass is 251 g/mol. The average molecular weight is 251 g/mol. The lowest BCUT2D eigenvalue weighted by Crippen LogP contribution is -2.43. The molecule has 1 N–H and O–H groups in total. The number of aromatic nitrogens is 2. The molecule has 0 bridgehead atoms. The Bertz CT molecular complexity index is 469. The maximum absolute atomic E-state index is 12.2. The van der Waals surface area contributed by atoms with E-state index in [0.29, 0.717) is 13.1 Å². The van der Waals surface area contributed by atoms with Crippen LogP contribution in [0.2, 0.25) is 0 Å². The van der Waals surface area contributed by atoms with Gasteiger partial charge < -0.3 is 14.6 Å². The van der Waals surface area contributed by atoms with Gasteiger partial charge in [0.2, 0.25) is 5.91 Å². The van der Waals surface area contributed by atoms with E-state index < -0.39 is 17.8 Å². The van der Waals surface area contributed by atoms with Crippen LogP contribution in [0.15, 0.2) is 12.4 Å². The minimum absolute atomic E-state index is 0.112. The summed E-state index contributed by atoms with van der Waals surface area (Å²) in [5.74, 6) is -1.37. The van der Waals surface area contributed by atoms with Gasteiger partial charge in [-0.25, -0.2) is 4.98 Å². The molecular formula is C12H17N3O3. The molecule has 1 aromatic rings. The molecule has 0 fully saturated rings. The minimum atomic E-state index is -0.936. The molecule has 2 atom stereocenters. The number of carboxylic acids is 1. The van der Waals surface area contributed by atoms with Gasteiger partial charge in [-0.05, 0) is 0 Å². The third kappa shape index (κ3) is 2.23. The molecule has 6 nitrogen and oxygen atoms in total. The molecule has 2 unspecified atom stereocenters. The van der Waals surface area contributed by atoms with Crippen LogP contribution in [-0.4, -0.2) is 38.0 Å². The van der Waals surface area contributed by atoms with Crippen molar-refractivity contribution in [2.24, 2.45) is 11.8 Å². The van der Waals surface area contributed by atoms with Gasteiger partial charge >= 0.3 is 5.97 Å². The largest absolute Gasteiger partial charge is 0.481 e. The number of carboxylic acid groups (broad SMARTS) is 1. The quantitative estimate of drug-likeness (QED) is 0.852. The summed E-state index contributed by atoms with van der Waals surface area (Å²) in [6.45, 7) is 5.02. The van der Waals surface area contributed by atoms with Crippen LogP contribution in [0.5, 0.6) is 0 Å². The summed E-state index contributed by atoms with van der Waals surface area (Å²) in [7, 11) is 0. The lowest BCUT2D eigenvalue weighted by Gasteiger charge is -2.30. The van der Waals surface area contributed by atoms with Crippen LogP contribution in [0.4, 0.5) is 0 Å². The van der Waals surface area contributed by atoms with Crippen LogP contribution in [-0.2, 0) is 22.7 Å². The average Bonchev–Trinajstić information content (AvgIpc) is 2.82. The van der Waals surface area contributed by atoms with E-state index in [4.69, 9.17) is 5.11 Å². The normalized spacial score (nSPS) is 18.0. The Morgan fingerprint density at radius 2 is 2.06 bits per heavy atom. The molecule has 0 spiro atoms. The zero-order valence-corrected chi connectivity index (χ0v) is 10.5. The highest BCUT2D eigenvalue weighted by molar-refractivity contribution is 5.84. The van der Waals surface area contributed by atoms with E-state index in [1.54, 1.807) is 24.9 Å². The van der Waals surface area contributed by atoms with E-state index in [1.165, 1.54) is 0 Å². The van der Waals surface area contributed by atoms with Gasteiger partial charge in [-0.1, -0.05) is 13.8 Å². The molecule has 98 valence electrons. The molecule has 2 heterocycles. The molecule has 0 radical (unpaired) electrons. The topological polar surface area (TPSA) is 75.4 Å². The fourth-order valence-corrected chi connectivity index (χ4v) is 2.08. The van der Waals surface area contributed by atoms with Crippen LogP contribution < -0.4 is 0 Å². The summed E-state index contributed by atoms with van der Waals surface area (Å²) in [6, 6.07) is 0. The molecule has 1 aliphatic rings. The van der Waals surface area contributed by atoms with Crippen LogP contribution in [0, 0.1) is 11.8 Å². The van der Waals surface area contributed by atoms with E-state index in [-0.39, 0.29) is 5.91 Å². The van der Waals surface area contributed by atoms with Crippen LogP contribution in [0.25, 0.3) is 0 Å². The Labute approximate surface area is 105 Å². The molecule has 1 aromatic heterocycles. The van der Waals surface area contributed by atoms with Crippen molar-refractivity contribution in [2.45, 2.75) is 26.9 Å². The van der Waals surface area contributed by atoms with E-state index in [1.807, 2.05) is 10.8 Å². The number of nitrogens with zero attached hydrogens (tertiary/aromatic N) is 3. The van der Waals surface area contributed by atoms with E-state index in [9.17, 15) is 9.59 Å². The van der Waals surface area contributed by atoms with Crippen molar-refractivity contribution in [3.63, 3.8) is 0 Å². The van der Waals surface area contributed by atoms with Gasteiger partial charge in [-0.15, -0.1) is 0 Å². The third-order valence-electron chi connectivity index (χ3n) is 3.59. The molecule has 1 aliphatic heterocycles. The first-order valence-corrected chi connectivity index (χ1v) is 6.02. The van der Waals surface area contributed by atoms with Crippen molar-refractivity contribution in [3.05, 3.63) is 18.2 Å². The second-order valence-corrected chi connectivity index (χ2v) is 4.71. The highest BCUT2D eigenvalue weighted by Crippen LogP contribution is 2.18. The van der Waals surface area contributed by atoms with Crippen molar-refractivity contribution in [3.8, 4) is 0 Å². The third-order valence-corrected chi connectivity index (χ3v) is 3.59. The first-order valence-electron chi connectivity index (χ1n) is 6.02. The van der Waals surface area contributed by atoms with E-state index >= 15 is 0 Å². The summed E-state index contributed by atoms with van der Waals surface area (Å²) < 4.78 is 2.01. The Hall–Kier alpha value is -1.85. The summed E-state index contributed by atoms with van der Waals surface area (Å²) in [6.07, 6.45) is 3.60. The SMILES string of the molecule is CC(C(=O)O)C(C)C(=O)N1CCn2ccnc2C1. The molecule has 1 amide bonds.